The molecule has 0 aliphatic carbocycles. The maximum atomic E-state index is 12.8. The average Bonchev–Trinajstić information content (AvgIpc) is 2.89. The van der Waals surface area contributed by atoms with Gasteiger partial charge in [-0.2, -0.15) is 0 Å². The number of ketones is 1. The van der Waals surface area contributed by atoms with E-state index in [2.05, 4.69) is 33.9 Å². The van der Waals surface area contributed by atoms with E-state index in [1.807, 2.05) is 0 Å². The van der Waals surface area contributed by atoms with Crippen molar-refractivity contribution in [3.05, 3.63) is 34.9 Å². The predicted octanol–water partition coefficient (Wildman–Crippen LogP) is 4.67. The molecule has 2 atom stereocenters. The van der Waals surface area contributed by atoms with E-state index in [1.54, 1.807) is 24.3 Å². The van der Waals surface area contributed by atoms with Crippen molar-refractivity contribution in [1.82, 2.24) is 4.90 Å². The maximum Gasteiger partial charge on any atom is 0.408 e. The quantitative estimate of drug-likeness (QED) is 0.606. The fourth-order valence-corrected chi connectivity index (χ4v) is 4.23. The molecule has 0 spiro atoms. The lowest BCUT2D eigenvalue weighted by molar-refractivity contribution is 0.0845. The Morgan fingerprint density at radius 2 is 1.80 bits per heavy atom. The number of carboxylic acid groups (broad SMARTS) is 1. The second-order valence-electron chi connectivity index (χ2n) is 8.06. The van der Waals surface area contributed by atoms with Crippen molar-refractivity contribution in [2.45, 2.75) is 57.5 Å². The number of nitrogens with zero attached hydrogens (tertiary/aromatic N) is 1. The number of carbonyl (C=O) groups is 2. The van der Waals surface area contributed by atoms with Crippen LogP contribution in [0.5, 0.6) is 0 Å². The summed E-state index contributed by atoms with van der Waals surface area (Å²) in [4.78, 5) is 25.6. The van der Waals surface area contributed by atoms with Gasteiger partial charge in [-0.05, 0) is 42.4 Å². The molecular weight excluding hydrogens is 358 g/mol. The highest BCUT2D eigenvalue weighted by Crippen LogP contribution is 2.39. The fraction of sp³-hybridized carbons (Fsp3) is 0.556. The number of benzene rings is 1. The average molecular weight is 384 g/mol. The van der Waals surface area contributed by atoms with Crippen LogP contribution in [0.4, 0.5) is 4.79 Å². The SMILES string of the molecule is CC(C)(C)[Si](C)(C)O[C@H]1C[C@H](C(=O)c2ccc(Cl)cc2)N(C(=O)O)C1. The zero-order valence-electron chi connectivity index (χ0n) is 15.4. The molecule has 1 aliphatic heterocycles. The zero-order valence-corrected chi connectivity index (χ0v) is 17.1. The van der Waals surface area contributed by atoms with Crippen molar-refractivity contribution in [3.8, 4) is 0 Å². The normalized spacial score (nSPS) is 21.4. The number of hydrogen-bond acceptors (Lipinski definition) is 3. The third-order valence-corrected chi connectivity index (χ3v) is 9.99. The summed E-state index contributed by atoms with van der Waals surface area (Å²) in [6, 6.07) is 5.82. The van der Waals surface area contributed by atoms with Crippen LogP contribution in [0.15, 0.2) is 24.3 Å². The minimum atomic E-state index is -2.03. The van der Waals surface area contributed by atoms with Crippen molar-refractivity contribution >= 4 is 31.8 Å². The Kier molecular flexibility index (Phi) is 5.66. The van der Waals surface area contributed by atoms with Gasteiger partial charge in [0.2, 0.25) is 0 Å². The first kappa shape index (κ1) is 19.9. The topological polar surface area (TPSA) is 66.8 Å². The number of Topliss-reactive ketones (excluding diaryl/α,β-unsaturated/α-hetero) is 1. The third kappa shape index (κ3) is 4.43. The first-order valence-corrected chi connectivity index (χ1v) is 11.7. The van der Waals surface area contributed by atoms with Crippen molar-refractivity contribution in [1.29, 1.82) is 0 Å². The summed E-state index contributed by atoms with van der Waals surface area (Å²) in [7, 11) is -2.03. The standard InChI is InChI=1S/C18H26ClNO4Si/c1-18(2,3)25(4,5)24-14-10-15(20(11-14)17(22)23)16(21)12-6-8-13(19)9-7-12/h6-9,14-15H,10-11H2,1-5H3,(H,22,23)/t14-,15+/m0/s1. The molecule has 1 saturated heterocycles. The summed E-state index contributed by atoms with van der Waals surface area (Å²) < 4.78 is 6.34. The molecule has 7 heteroatoms. The van der Waals surface area contributed by atoms with Gasteiger partial charge in [0.1, 0.15) is 6.04 Å². The smallest absolute Gasteiger partial charge is 0.408 e. The van der Waals surface area contributed by atoms with Crippen molar-refractivity contribution in [2.75, 3.05) is 6.54 Å². The number of carbonyl (C=O) groups excluding carboxylic acids is 1. The Hall–Kier alpha value is -1.37. The van der Waals surface area contributed by atoms with E-state index in [-0.39, 0.29) is 23.5 Å². The molecule has 25 heavy (non-hydrogen) atoms. The van der Waals surface area contributed by atoms with Crippen molar-refractivity contribution < 1.29 is 19.1 Å². The largest absolute Gasteiger partial charge is 0.465 e. The van der Waals surface area contributed by atoms with Gasteiger partial charge in [0.05, 0.1) is 6.10 Å². The summed E-state index contributed by atoms with van der Waals surface area (Å²) in [5.41, 5.74) is 0.466. The van der Waals surface area contributed by atoms with Crippen LogP contribution in [-0.2, 0) is 4.43 Å². The first-order valence-electron chi connectivity index (χ1n) is 8.39. The Bertz CT molecular complexity index is 654. The van der Waals surface area contributed by atoms with Gasteiger partial charge in [-0.25, -0.2) is 4.79 Å². The lowest BCUT2D eigenvalue weighted by atomic mass is 10.0. The van der Waals surface area contributed by atoms with E-state index in [4.69, 9.17) is 16.0 Å². The summed E-state index contributed by atoms with van der Waals surface area (Å²) in [6.45, 7) is 10.9. The van der Waals surface area contributed by atoms with E-state index in [0.29, 0.717) is 17.0 Å². The highest BCUT2D eigenvalue weighted by molar-refractivity contribution is 6.74. The lowest BCUT2D eigenvalue weighted by Crippen LogP contribution is -2.44. The summed E-state index contributed by atoms with van der Waals surface area (Å²) in [5.74, 6) is -0.208. The Labute approximate surface area is 155 Å². The molecule has 2 rings (SSSR count). The number of hydrogen-bond donors (Lipinski definition) is 1. The molecule has 1 amide bonds. The minimum Gasteiger partial charge on any atom is -0.465 e. The fourth-order valence-electron chi connectivity index (χ4n) is 2.74. The van der Waals surface area contributed by atoms with E-state index in [1.165, 1.54) is 4.90 Å². The minimum absolute atomic E-state index is 0.0271. The van der Waals surface area contributed by atoms with E-state index in [9.17, 15) is 14.7 Å². The molecule has 1 aromatic carbocycles. The van der Waals surface area contributed by atoms with Crippen molar-refractivity contribution in [3.63, 3.8) is 0 Å². The molecule has 0 bridgehead atoms. The van der Waals surface area contributed by atoms with Crippen LogP contribution in [0.2, 0.25) is 23.2 Å². The highest BCUT2D eigenvalue weighted by atomic mass is 35.5. The van der Waals surface area contributed by atoms with Gasteiger partial charge in [-0.1, -0.05) is 32.4 Å². The van der Waals surface area contributed by atoms with Crippen LogP contribution in [0.1, 0.15) is 37.6 Å². The lowest BCUT2D eigenvalue weighted by Gasteiger charge is -2.38. The van der Waals surface area contributed by atoms with Gasteiger partial charge in [0.25, 0.3) is 0 Å². The molecule has 0 aromatic heterocycles. The number of rotatable bonds is 4. The molecule has 0 saturated carbocycles. The number of amides is 1. The van der Waals surface area contributed by atoms with E-state index >= 15 is 0 Å². The number of likely N-dealkylation sites (tertiary alicyclic amines) is 1. The van der Waals surface area contributed by atoms with Gasteiger partial charge >= 0.3 is 6.09 Å². The van der Waals surface area contributed by atoms with Crippen LogP contribution in [0.25, 0.3) is 0 Å². The van der Waals surface area contributed by atoms with Gasteiger partial charge in [-0.3, -0.25) is 9.69 Å². The zero-order chi connectivity index (χ0) is 19.0. The Balaban J connectivity index is 2.19. The van der Waals surface area contributed by atoms with Crippen LogP contribution >= 0.6 is 11.6 Å². The van der Waals surface area contributed by atoms with Crippen LogP contribution in [0, 0.1) is 0 Å². The second-order valence-corrected chi connectivity index (χ2v) is 13.3. The molecule has 1 heterocycles. The third-order valence-electron chi connectivity index (χ3n) is 5.21. The highest BCUT2D eigenvalue weighted by Gasteiger charge is 2.45. The number of halogens is 1. The molecule has 0 radical (unpaired) electrons. The first-order chi connectivity index (χ1) is 11.4. The molecular formula is C18H26ClNO4Si. The molecule has 5 nitrogen and oxygen atoms in total. The maximum absolute atomic E-state index is 12.8. The summed E-state index contributed by atoms with van der Waals surface area (Å²) >= 11 is 5.86. The van der Waals surface area contributed by atoms with Crippen LogP contribution < -0.4 is 0 Å². The molecule has 0 unspecified atom stereocenters. The van der Waals surface area contributed by atoms with Crippen molar-refractivity contribution in [2.24, 2.45) is 0 Å². The second kappa shape index (κ2) is 7.09. The van der Waals surface area contributed by atoms with Gasteiger partial charge < -0.3 is 9.53 Å². The van der Waals surface area contributed by atoms with E-state index in [0.717, 1.165) is 0 Å². The molecule has 1 N–H and O–H groups in total. The monoisotopic (exact) mass is 383 g/mol. The molecule has 1 aromatic rings. The Morgan fingerprint density at radius 3 is 2.28 bits per heavy atom. The van der Waals surface area contributed by atoms with E-state index < -0.39 is 20.5 Å². The molecule has 1 aliphatic rings. The summed E-state index contributed by atoms with van der Waals surface area (Å²) in [5, 5.41) is 10.1. The molecule has 1 fully saturated rings. The van der Waals surface area contributed by atoms with Crippen LogP contribution in [0.3, 0.4) is 0 Å². The predicted molar refractivity (Wildman–Crippen MR) is 101 cm³/mol. The Morgan fingerprint density at radius 1 is 1.24 bits per heavy atom. The van der Waals surface area contributed by atoms with Gasteiger partial charge in [0.15, 0.2) is 14.1 Å². The summed E-state index contributed by atoms with van der Waals surface area (Å²) in [6.07, 6.45) is -0.952. The van der Waals surface area contributed by atoms with Gasteiger partial charge in [0, 0.05) is 23.6 Å². The molecule has 138 valence electrons. The van der Waals surface area contributed by atoms with Crippen LogP contribution in [-0.4, -0.2) is 48.9 Å². The van der Waals surface area contributed by atoms with Gasteiger partial charge in [-0.15, -0.1) is 0 Å².